The molecule has 7 heteroatoms. The molecular weight excluding hydrogens is 298 g/mol. The number of benzene rings is 1. The molecule has 120 valence electrons. The maximum Gasteiger partial charge on any atom is 0.330 e. The number of hydrogen-bond donors (Lipinski definition) is 1. The van der Waals surface area contributed by atoms with E-state index < -0.39 is 12.0 Å². The van der Waals surface area contributed by atoms with Crippen LogP contribution in [0.1, 0.15) is 23.2 Å². The number of methoxy groups -OCH3 is 1. The van der Waals surface area contributed by atoms with Crippen LogP contribution in [0, 0.1) is 0 Å². The number of nitrogens with zero attached hydrogens (tertiary/aromatic N) is 3. The van der Waals surface area contributed by atoms with Crippen molar-refractivity contribution in [3.8, 4) is 5.75 Å². The molecule has 0 saturated carbocycles. The van der Waals surface area contributed by atoms with Gasteiger partial charge in [-0.1, -0.05) is 0 Å². The summed E-state index contributed by atoms with van der Waals surface area (Å²) in [7, 11) is 1.56. The van der Waals surface area contributed by atoms with Crippen LogP contribution in [0.3, 0.4) is 0 Å². The van der Waals surface area contributed by atoms with E-state index >= 15 is 0 Å². The predicted octanol–water partition coefficient (Wildman–Crippen LogP) is 0.983. The zero-order valence-corrected chi connectivity index (χ0v) is 12.7. The fourth-order valence-corrected chi connectivity index (χ4v) is 3.88. The maximum atomic E-state index is 12.9. The minimum Gasteiger partial charge on any atom is -0.497 e. The summed E-state index contributed by atoms with van der Waals surface area (Å²) in [5.41, 5.74) is 1.24. The van der Waals surface area contributed by atoms with Gasteiger partial charge in [0.2, 0.25) is 0 Å². The van der Waals surface area contributed by atoms with E-state index in [9.17, 15) is 14.7 Å². The molecule has 4 rings (SSSR count). The van der Waals surface area contributed by atoms with Crippen molar-refractivity contribution in [2.45, 2.75) is 31.0 Å². The number of fused-ring (bicyclic) bond motifs is 5. The molecule has 0 radical (unpaired) electrons. The molecule has 3 heterocycles. The van der Waals surface area contributed by atoms with Gasteiger partial charge in [-0.3, -0.25) is 9.79 Å². The van der Waals surface area contributed by atoms with Crippen LogP contribution >= 0.6 is 0 Å². The fourth-order valence-electron chi connectivity index (χ4n) is 3.88. The number of hydrogen-bond acceptors (Lipinski definition) is 5. The smallest absolute Gasteiger partial charge is 0.330 e. The Kier molecular flexibility index (Phi) is 3.04. The lowest BCUT2D eigenvalue weighted by molar-refractivity contribution is -0.139. The van der Waals surface area contributed by atoms with Crippen molar-refractivity contribution in [1.82, 2.24) is 4.90 Å². The first kappa shape index (κ1) is 14.0. The van der Waals surface area contributed by atoms with Gasteiger partial charge in [0.15, 0.2) is 6.04 Å². The second kappa shape index (κ2) is 4.97. The Morgan fingerprint density at radius 1 is 1.43 bits per heavy atom. The molecule has 1 N–H and O–H groups in total. The minimum absolute atomic E-state index is 0.0617. The normalized spacial score (nSPS) is 28.2. The molecule has 3 aliphatic rings. The van der Waals surface area contributed by atoms with Crippen LogP contribution in [-0.2, 0) is 4.79 Å². The van der Waals surface area contributed by atoms with Gasteiger partial charge >= 0.3 is 5.97 Å². The number of amides is 1. The molecular formula is C16H17N3O4. The molecule has 1 fully saturated rings. The van der Waals surface area contributed by atoms with Crippen LogP contribution in [0.4, 0.5) is 5.69 Å². The second-order valence-electron chi connectivity index (χ2n) is 6.04. The number of carbonyl (C=O) groups excluding carboxylic acids is 1. The minimum atomic E-state index is -0.954. The van der Waals surface area contributed by atoms with Crippen LogP contribution in [0.25, 0.3) is 0 Å². The van der Waals surface area contributed by atoms with E-state index in [0.717, 1.165) is 12.8 Å². The Balaban J connectivity index is 1.88. The number of rotatable bonds is 2. The largest absolute Gasteiger partial charge is 0.497 e. The van der Waals surface area contributed by atoms with Crippen molar-refractivity contribution in [3.63, 3.8) is 0 Å². The van der Waals surface area contributed by atoms with Crippen LogP contribution in [0.2, 0.25) is 0 Å². The molecule has 23 heavy (non-hydrogen) atoms. The first-order chi connectivity index (χ1) is 11.1. The van der Waals surface area contributed by atoms with Crippen molar-refractivity contribution in [1.29, 1.82) is 0 Å². The third-order valence-electron chi connectivity index (χ3n) is 4.92. The molecule has 1 aromatic carbocycles. The maximum absolute atomic E-state index is 12.9. The van der Waals surface area contributed by atoms with Crippen LogP contribution in [-0.4, -0.2) is 60.0 Å². The standard InChI is InChI=1S/C16H17N3O4/c1-23-9-4-5-11-10(7-9)15(20)18-6-2-3-12(18)14-13(16(21)22)17-8-19(11)14/h4-5,7-8,12-14H,2-3,6H2,1H3,(H,21,22). The topological polar surface area (TPSA) is 82.4 Å². The highest BCUT2D eigenvalue weighted by atomic mass is 16.5. The lowest BCUT2D eigenvalue weighted by atomic mass is 9.98. The fraction of sp³-hybridized carbons (Fsp3) is 0.438. The van der Waals surface area contributed by atoms with Crippen LogP contribution in [0.15, 0.2) is 23.2 Å². The van der Waals surface area contributed by atoms with Gasteiger partial charge in [-0.15, -0.1) is 0 Å². The summed E-state index contributed by atoms with van der Waals surface area (Å²) in [6.07, 6.45) is 3.24. The average Bonchev–Trinajstić information content (AvgIpc) is 3.17. The summed E-state index contributed by atoms with van der Waals surface area (Å²) >= 11 is 0. The van der Waals surface area contributed by atoms with Crippen molar-refractivity contribution >= 4 is 23.9 Å². The number of anilines is 1. The lowest BCUT2D eigenvalue weighted by Crippen LogP contribution is -2.52. The van der Waals surface area contributed by atoms with Gasteiger partial charge in [0, 0.05) is 6.54 Å². The Labute approximate surface area is 133 Å². The molecule has 3 aliphatic heterocycles. The molecule has 3 unspecified atom stereocenters. The van der Waals surface area contributed by atoms with Gasteiger partial charge in [0.1, 0.15) is 5.75 Å². The molecule has 0 aliphatic carbocycles. The number of aliphatic carboxylic acids is 1. The summed E-state index contributed by atoms with van der Waals surface area (Å²) in [5, 5.41) is 9.50. The number of carboxylic acid groups (broad SMARTS) is 1. The second-order valence-corrected chi connectivity index (χ2v) is 6.04. The zero-order valence-electron chi connectivity index (χ0n) is 12.7. The molecule has 1 saturated heterocycles. The number of ether oxygens (including phenoxy) is 1. The molecule has 1 amide bonds. The highest BCUT2D eigenvalue weighted by Gasteiger charge is 2.49. The molecule has 0 aromatic heterocycles. The van der Waals surface area contributed by atoms with Crippen molar-refractivity contribution in [2.75, 3.05) is 18.6 Å². The first-order valence-electron chi connectivity index (χ1n) is 7.65. The molecule has 0 spiro atoms. The van der Waals surface area contributed by atoms with Crippen LogP contribution < -0.4 is 9.64 Å². The monoisotopic (exact) mass is 315 g/mol. The van der Waals surface area contributed by atoms with Crippen molar-refractivity contribution in [3.05, 3.63) is 23.8 Å². The van der Waals surface area contributed by atoms with Gasteiger partial charge in [-0.05, 0) is 31.0 Å². The van der Waals surface area contributed by atoms with E-state index in [1.54, 1.807) is 36.5 Å². The lowest BCUT2D eigenvalue weighted by Gasteiger charge is -2.32. The summed E-state index contributed by atoms with van der Waals surface area (Å²) < 4.78 is 5.23. The van der Waals surface area contributed by atoms with Crippen molar-refractivity contribution < 1.29 is 19.4 Å². The Bertz CT molecular complexity index is 717. The van der Waals surface area contributed by atoms with Gasteiger partial charge in [-0.2, -0.15) is 0 Å². The van der Waals surface area contributed by atoms with E-state index in [1.165, 1.54) is 0 Å². The summed E-state index contributed by atoms with van der Waals surface area (Å²) in [4.78, 5) is 32.4. The number of carboxylic acids is 1. The quantitative estimate of drug-likeness (QED) is 0.880. The molecule has 1 aromatic rings. The van der Waals surface area contributed by atoms with Gasteiger partial charge < -0.3 is 19.6 Å². The molecule has 0 bridgehead atoms. The summed E-state index contributed by atoms with van der Waals surface area (Å²) in [6, 6.07) is 3.97. The third kappa shape index (κ3) is 1.92. The Morgan fingerprint density at radius 2 is 2.26 bits per heavy atom. The van der Waals surface area contributed by atoms with Gasteiger partial charge in [-0.25, -0.2) is 4.79 Å². The third-order valence-corrected chi connectivity index (χ3v) is 4.92. The average molecular weight is 315 g/mol. The summed E-state index contributed by atoms with van der Waals surface area (Å²) in [6.45, 7) is 0.650. The number of aliphatic imine (C=N–C) groups is 1. The Hall–Kier alpha value is -2.57. The van der Waals surface area contributed by atoms with Gasteiger partial charge in [0.05, 0.1) is 36.8 Å². The Morgan fingerprint density at radius 3 is 3.00 bits per heavy atom. The van der Waals surface area contributed by atoms with Crippen LogP contribution in [0.5, 0.6) is 5.75 Å². The molecule has 7 nitrogen and oxygen atoms in total. The zero-order chi connectivity index (χ0) is 16.1. The predicted molar refractivity (Wildman–Crippen MR) is 83.2 cm³/mol. The van der Waals surface area contributed by atoms with Crippen molar-refractivity contribution in [2.24, 2.45) is 4.99 Å². The number of carbonyl (C=O) groups is 2. The summed E-state index contributed by atoms with van der Waals surface area (Å²) in [5.74, 6) is -0.407. The van der Waals surface area contributed by atoms with Gasteiger partial charge in [0.25, 0.3) is 5.91 Å². The first-order valence-corrected chi connectivity index (χ1v) is 7.65. The SMILES string of the molecule is COc1ccc2c(c1)C(=O)N1CCCC1C1C(C(=O)O)N=CN21. The van der Waals surface area contributed by atoms with E-state index in [-0.39, 0.29) is 18.0 Å². The van der Waals surface area contributed by atoms with E-state index in [1.807, 2.05) is 4.90 Å². The molecule has 3 atom stereocenters. The van der Waals surface area contributed by atoms with E-state index in [2.05, 4.69) is 4.99 Å². The highest BCUT2D eigenvalue weighted by Crippen LogP contribution is 2.39. The van der Waals surface area contributed by atoms with E-state index in [0.29, 0.717) is 23.5 Å². The van der Waals surface area contributed by atoms with E-state index in [4.69, 9.17) is 4.74 Å². The highest BCUT2D eigenvalue weighted by molar-refractivity contribution is 6.05.